The van der Waals surface area contributed by atoms with Gasteiger partial charge in [0.25, 0.3) is 0 Å². The first-order valence-corrected chi connectivity index (χ1v) is 9.12. The van der Waals surface area contributed by atoms with E-state index in [1.165, 1.54) is 0 Å². The molecule has 0 fully saturated rings. The maximum Gasteiger partial charge on any atom is 0.215 e. The number of para-hydroxylation sites is 1. The first kappa shape index (κ1) is 17.5. The van der Waals surface area contributed by atoms with E-state index in [0.717, 1.165) is 11.8 Å². The van der Waals surface area contributed by atoms with E-state index in [0.29, 0.717) is 21.9 Å². The molecule has 3 aromatic rings. The zero-order valence-electron chi connectivity index (χ0n) is 14.5. The molecule has 4 rings (SSSR count). The van der Waals surface area contributed by atoms with E-state index >= 15 is 0 Å². The van der Waals surface area contributed by atoms with Crippen LogP contribution in [-0.4, -0.2) is 12.1 Å². The van der Waals surface area contributed by atoms with Crippen LogP contribution in [0.15, 0.2) is 78.9 Å². The lowest BCUT2D eigenvalue weighted by Crippen LogP contribution is -2.43. The van der Waals surface area contributed by atoms with Crippen molar-refractivity contribution in [3.63, 3.8) is 0 Å². The molecule has 3 aromatic carbocycles. The van der Waals surface area contributed by atoms with Gasteiger partial charge >= 0.3 is 0 Å². The molecule has 27 heavy (non-hydrogen) atoms. The van der Waals surface area contributed by atoms with Crippen molar-refractivity contribution in [2.45, 2.75) is 17.9 Å². The molecule has 4 heteroatoms. The van der Waals surface area contributed by atoms with E-state index < -0.39 is 11.5 Å². The second kappa shape index (κ2) is 7.01. The largest absolute Gasteiger partial charge is 0.473 e. The van der Waals surface area contributed by atoms with Gasteiger partial charge in [0.2, 0.25) is 11.4 Å². The van der Waals surface area contributed by atoms with Crippen molar-refractivity contribution in [1.29, 1.82) is 0 Å². The van der Waals surface area contributed by atoms with Gasteiger partial charge < -0.3 is 9.53 Å². The Hall–Kier alpha value is -2.91. The Morgan fingerprint density at radius 1 is 0.926 bits per heavy atom. The van der Waals surface area contributed by atoms with Crippen molar-refractivity contribution in [2.75, 3.05) is 0 Å². The third kappa shape index (κ3) is 2.84. The normalized spacial score (nSPS) is 19.2. The molecule has 1 heterocycles. The summed E-state index contributed by atoms with van der Waals surface area (Å²) in [6.07, 6.45) is 1.00. The first-order chi connectivity index (χ1) is 13.2. The highest BCUT2D eigenvalue weighted by Crippen LogP contribution is 2.50. The number of hydrogen-bond donors (Lipinski definition) is 0. The van der Waals surface area contributed by atoms with Crippen molar-refractivity contribution in [2.24, 2.45) is 0 Å². The minimum atomic E-state index is -1.31. The van der Waals surface area contributed by atoms with Crippen molar-refractivity contribution in [3.8, 4) is 5.75 Å². The maximum atomic E-state index is 13.6. The van der Waals surface area contributed by atoms with E-state index in [2.05, 4.69) is 0 Å². The van der Waals surface area contributed by atoms with E-state index in [1.807, 2.05) is 42.5 Å². The Kier molecular flexibility index (Phi) is 4.54. The summed E-state index contributed by atoms with van der Waals surface area (Å²) < 4.78 is 6.35. The van der Waals surface area contributed by atoms with Crippen LogP contribution in [0.25, 0.3) is 0 Å². The lowest BCUT2D eigenvalue weighted by molar-refractivity contribution is -0.109. The molecule has 3 nitrogen and oxygen atoms in total. The molecule has 0 radical (unpaired) electrons. The number of fused-ring (bicyclic) bond motifs is 1. The summed E-state index contributed by atoms with van der Waals surface area (Å²) in [6, 6.07) is 23.8. The Balaban J connectivity index is 1.95. The zero-order valence-corrected chi connectivity index (χ0v) is 15.2. The smallest absolute Gasteiger partial charge is 0.215 e. The second-order valence-corrected chi connectivity index (χ2v) is 6.97. The number of ether oxygens (including phenoxy) is 1. The van der Waals surface area contributed by atoms with Gasteiger partial charge in [-0.05, 0) is 29.8 Å². The Morgan fingerprint density at radius 3 is 2.26 bits per heavy atom. The average molecular weight is 377 g/mol. The number of carbonyl (C=O) groups excluding carboxylic acids is 2. The monoisotopic (exact) mass is 376 g/mol. The standard InChI is InChI=1S/C23H17ClO3/c24-18-12-10-17(11-13-18)23(20(14-15-25)16-6-2-1-3-7-16)22(26)19-8-4-5-9-21(19)27-23/h1-13,15,20H,14H2/t20-,23-/m0/s1. The molecule has 1 aliphatic heterocycles. The van der Waals surface area contributed by atoms with E-state index in [1.54, 1.807) is 36.4 Å². The number of hydrogen-bond acceptors (Lipinski definition) is 3. The van der Waals surface area contributed by atoms with Crippen LogP contribution in [0.1, 0.15) is 33.8 Å². The third-order valence-corrected chi connectivity index (χ3v) is 5.29. The number of Topliss-reactive ketones (excluding diaryl/α,β-unsaturated/α-hetero) is 1. The summed E-state index contributed by atoms with van der Waals surface area (Å²) in [5.74, 6) is -0.0716. The zero-order chi connectivity index (χ0) is 18.9. The fourth-order valence-electron chi connectivity index (χ4n) is 3.80. The fourth-order valence-corrected chi connectivity index (χ4v) is 3.93. The molecule has 0 saturated heterocycles. The summed E-state index contributed by atoms with van der Waals surface area (Å²) in [5, 5.41) is 0.573. The average Bonchev–Trinajstić information content (AvgIpc) is 3.01. The van der Waals surface area contributed by atoms with Gasteiger partial charge in [-0.15, -0.1) is 0 Å². The van der Waals surface area contributed by atoms with Crippen LogP contribution in [0, 0.1) is 0 Å². The molecule has 0 amide bonds. The molecule has 0 aromatic heterocycles. The molecular weight excluding hydrogens is 360 g/mol. The number of aldehydes is 1. The summed E-state index contributed by atoms with van der Waals surface area (Å²) in [6.45, 7) is 0. The topological polar surface area (TPSA) is 43.4 Å². The van der Waals surface area contributed by atoms with Gasteiger partial charge in [-0.25, -0.2) is 0 Å². The van der Waals surface area contributed by atoms with Crippen LogP contribution < -0.4 is 4.74 Å². The van der Waals surface area contributed by atoms with Gasteiger partial charge in [-0.1, -0.05) is 66.2 Å². The van der Waals surface area contributed by atoms with Crippen molar-refractivity contribution >= 4 is 23.7 Å². The van der Waals surface area contributed by atoms with E-state index in [4.69, 9.17) is 16.3 Å². The number of rotatable bonds is 5. The van der Waals surface area contributed by atoms with E-state index in [-0.39, 0.29) is 12.2 Å². The van der Waals surface area contributed by atoms with Crippen LogP contribution in [0.3, 0.4) is 0 Å². The van der Waals surface area contributed by atoms with Crippen LogP contribution in [0.4, 0.5) is 0 Å². The van der Waals surface area contributed by atoms with Gasteiger partial charge in [-0.2, -0.15) is 0 Å². The molecule has 0 bridgehead atoms. The Bertz CT molecular complexity index is 982. The molecule has 134 valence electrons. The molecule has 1 aliphatic rings. The predicted molar refractivity (Wildman–Crippen MR) is 104 cm³/mol. The first-order valence-electron chi connectivity index (χ1n) is 8.74. The van der Waals surface area contributed by atoms with Gasteiger partial charge in [0.05, 0.1) is 5.56 Å². The third-order valence-electron chi connectivity index (χ3n) is 5.04. The van der Waals surface area contributed by atoms with Gasteiger partial charge in [0.1, 0.15) is 12.0 Å². The lowest BCUT2D eigenvalue weighted by atomic mass is 9.72. The summed E-state index contributed by atoms with van der Waals surface area (Å²) in [5.41, 5.74) is 0.778. The van der Waals surface area contributed by atoms with Gasteiger partial charge in [0, 0.05) is 22.9 Å². The number of carbonyl (C=O) groups is 2. The van der Waals surface area contributed by atoms with Crippen LogP contribution in [-0.2, 0) is 10.4 Å². The minimum absolute atomic E-state index is 0.142. The summed E-state index contributed by atoms with van der Waals surface area (Å²) in [7, 11) is 0. The van der Waals surface area contributed by atoms with E-state index in [9.17, 15) is 9.59 Å². The number of ketones is 1. The summed E-state index contributed by atoms with van der Waals surface area (Å²) in [4.78, 5) is 25.2. The Morgan fingerprint density at radius 2 is 1.59 bits per heavy atom. The SMILES string of the molecule is O=CC[C@@H](c1ccccc1)[C@]1(c2ccc(Cl)cc2)Oc2ccccc2C1=O. The molecule has 2 atom stereocenters. The van der Waals surface area contributed by atoms with Gasteiger partial charge in [-0.3, -0.25) is 4.79 Å². The molecule has 0 N–H and O–H groups in total. The quantitative estimate of drug-likeness (QED) is 0.576. The lowest BCUT2D eigenvalue weighted by Gasteiger charge is -2.35. The molecule has 0 unspecified atom stereocenters. The minimum Gasteiger partial charge on any atom is -0.473 e. The summed E-state index contributed by atoms with van der Waals surface area (Å²) >= 11 is 6.07. The molecular formula is C23H17ClO3. The van der Waals surface area contributed by atoms with Crippen molar-refractivity contribution in [1.82, 2.24) is 0 Å². The fraction of sp³-hybridized carbons (Fsp3) is 0.130. The number of halogens is 1. The molecule has 0 aliphatic carbocycles. The van der Waals surface area contributed by atoms with Crippen LogP contribution >= 0.6 is 11.6 Å². The Labute approximate surface area is 162 Å². The van der Waals surface area contributed by atoms with Gasteiger partial charge in [0.15, 0.2) is 0 Å². The van der Waals surface area contributed by atoms with Crippen LogP contribution in [0.5, 0.6) is 5.75 Å². The van der Waals surface area contributed by atoms with Crippen LogP contribution in [0.2, 0.25) is 5.02 Å². The highest BCUT2D eigenvalue weighted by Gasteiger charge is 2.55. The predicted octanol–water partition coefficient (Wildman–Crippen LogP) is 5.18. The maximum absolute atomic E-state index is 13.6. The number of benzene rings is 3. The highest BCUT2D eigenvalue weighted by atomic mass is 35.5. The molecule has 0 saturated carbocycles. The second-order valence-electron chi connectivity index (χ2n) is 6.54. The molecule has 0 spiro atoms. The van der Waals surface area contributed by atoms with Crippen molar-refractivity contribution in [3.05, 3.63) is 101 Å². The highest BCUT2D eigenvalue weighted by molar-refractivity contribution is 6.30. The van der Waals surface area contributed by atoms with Crippen molar-refractivity contribution < 1.29 is 14.3 Å².